The summed E-state index contributed by atoms with van der Waals surface area (Å²) in [6.07, 6.45) is 1.01. The predicted octanol–water partition coefficient (Wildman–Crippen LogP) is -0.0172. The van der Waals surface area contributed by atoms with Crippen LogP contribution in [-0.2, 0) is 4.79 Å². The first-order valence-electron chi connectivity index (χ1n) is 5.72. The molecule has 96 valence electrons. The van der Waals surface area contributed by atoms with E-state index in [1.54, 1.807) is 0 Å². The van der Waals surface area contributed by atoms with E-state index in [4.69, 9.17) is 5.73 Å². The van der Waals surface area contributed by atoms with Gasteiger partial charge in [0, 0.05) is 24.7 Å². The molecule has 1 fully saturated rings. The van der Waals surface area contributed by atoms with Crippen molar-refractivity contribution in [3.05, 3.63) is 23.8 Å². The Kier molecular flexibility index (Phi) is 3.36. The number of phenols is 1. The number of nitrogen functional groups attached to an aromatic ring is 1. The number of rotatable bonds is 2. The number of hydrogen-bond acceptors (Lipinski definition) is 4. The van der Waals surface area contributed by atoms with E-state index in [-0.39, 0.29) is 29.2 Å². The average Bonchev–Trinajstić information content (AvgIpc) is 2.35. The number of benzene rings is 1. The quantitative estimate of drug-likeness (QED) is 0.437. The minimum absolute atomic E-state index is 0.00244. The highest BCUT2D eigenvalue weighted by molar-refractivity contribution is 5.99. The van der Waals surface area contributed by atoms with Crippen molar-refractivity contribution >= 4 is 17.5 Å². The van der Waals surface area contributed by atoms with Crippen LogP contribution in [0.15, 0.2) is 18.2 Å². The molecule has 1 saturated heterocycles. The van der Waals surface area contributed by atoms with Crippen LogP contribution in [0.2, 0.25) is 0 Å². The number of piperidine rings is 1. The van der Waals surface area contributed by atoms with Crippen molar-refractivity contribution in [1.82, 2.24) is 10.6 Å². The van der Waals surface area contributed by atoms with E-state index in [9.17, 15) is 14.7 Å². The monoisotopic (exact) mass is 249 g/mol. The van der Waals surface area contributed by atoms with E-state index in [0.29, 0.717) is 25.1 Å². The molecule has 5 N–H and O–H groups in total. The van der Waals surface area contributed by atoms with Gasteiger partial charge in [0.1, 0.15) is 5.75 Å². The Labute approximate surface area is 104 Å². The molecule has 2 rings (SSSR count). The minimum Gasteiger partial charge on any atom is -0.508 e. The lowest BCUT2D eigenvalue weighted by atomic mass is 10.1. The van der Waals surface area contributed by atoms with Crippen LogP contribution in [0.5, 0.6) is 5.75 Å². The fourth-order valence-corrected chi connectivity index (χ4v) is 1.86. The second kappa shape index (κ2) is 4.95. The zero-order valence-corrected chi connectivity index (χ0v) is 9.77. The second-order valence-electron chi connectivity index (χ2n) is 4.28. The molecule has 6 nitrogen and oxygen atoms in total. The topological polar surface area (TPSA) is 104 Å². The minimum atomic E-state index is -0.343. The van der Waals surface area contributed by atoms with Crippen LogP contribution >= 0.6 is 0 Å². The number of nitrogens with one attached hydrogen (secondary N) is 2. The highest BCUT2D eigenvalue weighted by atomic mass is 16.3. The molecule has 1 atom stereocenters. The molecule has 1 aromatic rings. The van der Waals surface area contributed by atoms with E-state index in [1.165, 1.54) is 18.2 Å². The Morgan fingerprint density at radius 1 is 1.50 bits per heavy atom. The summed E-state index contributed by atoms with van der Waals surface area (Å²) in [6, 6.07) is 4.13. The summed E-state index contributed by atoms with van der Waals surface area (Å²) in [5.41, 5.74) is 6.23. The first-order chi connectivity index (χ1) is 8.56. The lowest BCUT2D eigenvalue weighted by molar-refractivity contribution is -0.122. The van der Waals surface area contributed by atoms with Crippen molar-refractivity contribution in [2.45, 2.75) is 18.9 Å². The Bertz CT molecular complexity index is 477. The first-order valence-corrected chi connectivity index (χ1v) is 5.72. The van der Waals surface area contributed by atoms with Gasteiger partial charge in [-0.1, -0.05) is 0 Å². The standard InChI is InChI=1S/C12H15N3O3/c13-10-3-2-8(16)5-9(10)12(18)15-7-1-4-11(17)14-6-7/h2-3,5,7,16H,1,4,6,13H2,(H,14,17)(H,15,18). The summed E-state index contributed by atoms with van der Waals surface area (Å²) in [5, 5.41) is 14.8. The Morgan fingerprint density at radius 3 is 2.94 bits per heavy atom. The third kappa shape index (κ3) is 2.71. The number of hydrogen-bond donors (Lipinski definition) is 4. The number of carbonyl (C=O) groups excluding carboxylic acids is 2. The number of carbonyl (C=O) groups is 2. The maximum Gasteiger partial charge on any atom is 0.253 e. The maximum absolute atomic E-state index is 12.0. The third-order valence-electron chi connectivity index (χ3n) is 2.88. The highest BCUT2D eigenvalue weighted by Gasteiger charge is 2.21. The van der Waals surface area contributed by atoms with Gasteiger partial charge in [-0.15, -0.1) is 0 Å². The van der Waals surface area contributed by atoms with Crippen LogP contribution in [-0.4, -0.2) is 29.5 Å². The van der Waals surface area contributed by atoms with Crippen LogP contribution in [0, 0.1) is 0 Å². The second-order valence-corrected chi connectivity index (χ2v) is 4.28. The maximum atomic E-state index is 12.0. The lowest BCUT2D eigenvalue weighted by Gasteiger charge is -2.23. The number of aromatic hydroxyl groups is 1. The Hall–Kier alpha value is -2.24. The molecular formula is C12H15N3O3. The smallest absolute Gasteiger partial charge is 0.253 e. The van der Waals surface area contributed by atoms with Crippen LogP contribution in [0.3, 0.4) is 0 Å². The van der Waals surface area contributed by atoms with Gasteiger partial charge in [-0.2, -0.15) is 0 Å². The molecule has 0 aliphatic carbocycles. The van der Waals surface area contributed by atoms with Crippen molar-refractivity contribution < 1.29 is 14.7 Å². The number of anilines is 1. The third-order valence-corrected chi connectivity index (χ3v) is 2.88. The van der Waals surface area contributed by atoms with Crippen LogP contribution in [0.4, 0.5) is 5.69 Å². The molecule has 1 unspecified atom stereocenters. The van der Waals surface area contributed by atoms with Gasteiger partial charge >= 0.3 is 0 Å². The summed E-state index contributed by atoms with van der Waals surface area (Å²) in [5.74, 6) is -0.354. The van der Waals surface area contributed by atoms with Crippen LogP contribution in [0.1, 0.15) is 23.2 Å². The first kappa shape index (κ1) is 12.2. The molecule has 0 saturated carbocycles. The van der Waals surface area contributed by atoms with Crippen molar-refractivity contribution in [2.75, 3.05) is 12.3 Å². The van der Waals surface area contributed by atoms with Crippen molar-refractivity contribution in [3.63, 3.8) is 0 Å². The molecule has 1 aliphatic heterocycles. The summed E-state index contributed by atoms with van der Waals surface area (Å²) in [4.78, 5) is 22.9. The molecule has 0 bridgehead atoms. The van der Waals surface area contributed by atoms with E-state index in [0.717, 1.165) is 0 Å². The van der Waals surface area contributed by atoms with Gasteiger partial charge in [0.05, 0.1) is 5.56 Å². The summed E-state index contributed by atoms with van der Waals surface area (Å²) in [6.45, 7) is 0.420. The summed E-state index contributed by atoms with van der Waals surface area (Å²) < 4.78 is 0. The number of phenolic OH excluding ortho intramolecular Hbond substituents is 1. The van der Waals surface area contributed by atoms with Gasteiger partial charge < -0.3 is 21.5 Å². The van der Waals surface area contributed by atoms with Gasteiger partial charge in [0.15, 0.2) is 0 Å². The summed E-state index contributed by atoms with van der Waals surface area (Å²) >= 11 is 0. The average molecular weight is 249 g/mol. The number of amides is 2. The molecule has 0 radical (unpaired) electrons. The van der Waals surface area contributed by atoms with E-state index < -0.39 is 0 Å². The fourth-order valence-electron chi connectivity index (χ4n) is 1.86. The highest BCUT2D eigenvalue weighted by Crippen LogP contribution is 2.18. The Balaban J connectivity index is 2.03. The molecule has 1 heterocycles. The van der Waals surface area contributed by atoms with Crippen molar-refractivity contribution in [2.24, 2.45) is 0 Å². The van der Waals surface area contributed by atoms with Crippen LogP contribution in [0.25, 0.3) is 0 Å². The zero-order valence-electron chi connectivity index (χ0n) is 9.77. The molecule has 2 amide bonds. The molecule has 0 aromatic heterocycles. The van der Waals surface area contributed by atoms with Crippen molar-refractivity contribution in [1.29, 1.82) is 0 Å². The van der Waals surface area contributed by atoms with Crippen LogP contribution < -0.4 is 16.4 Å². The molecule has 1 aromatic carbocycles. The van der Waals surface area contributed by atoms with Gasteiger partial charge in [-0.3, -0.25) is 9.59 Å². The molecule has 0 spiro atoms. The zero-order chi connectivity index (χ0) is 13.1. The van der Waals surface area contributed by atoms with Gasteiger partial charge in [-0.25, -0.2) is 0 Å². The summed E-state index contributed by atoms with van der Waals surface area (Å²) in [7, 11) is 0. The molecule has 6 heteroatoms. The fraction of sp³-hybridized carbons (Fsp3) is 0.333. The van der Waals surface area contributed by atoms with Gasteiger partial charge in [0.2, 0.25) is 5.91 Å². The lowest BCUT2D eigenvalue weighted by Crippen LogP contribution is -2.47. The largest absolute Gasteiger partial charge is 0.508 e. The van der Waals surface area contributed by atoms with E-state index in [1.807, 2.05) is 0 Å². The molecule has 1 aliphatic rings. The predicted molar refractivity (Wildman–Crippen MR) is 66.0 cm³/mol. The Morgan fingerprint density at radius 2 is 2.28 bits per heavy atom. The number of nitrogens with two attached hydrogens (primary N) is 1. The van der Waals surface area contributed by atoms with E-state index >= 15 is 0 Å². The van der Waals surface area contributed by atoms with E-state index in [2.05, 4.69) is 10.6 Å². The molecule has 18 heavy (non-hydrogen) atoms. The van der Waals surface area contributed by atoms with Gasteiger partial charge in [-0.05, 0) is 24.6 Å². The van der Waals surface area contributed by atoms with Gasteiger partial charge in [0.25, 0.3) is 5.91 Å². The SMILES string of the molecule is Nc1ccc(O)cc1C(=O)NC1CCC(=O)NC1. The molecular weight excluding hydrogens is 234 g/mol. The normalized spacial score (nSPS) is 19.1. The van der Waals surface area contributed by atoms with Crippen molar-refractivity contribution in [3.8, 4) is 5.75 Å².